The van der Waals surface area contributed by atoms with E-state index in [9.17, 15) is 13.2 Å². The van der Waals surface area contributed by atoms with Crippen LogP contribution in [0, 0.1) is 0 Å². The summed E-state index contributed by atoms with van der Waals surface area (Å²) in [7, 11) is -1.83. The number of anilines is 1. The number of rotatable bonds is 5. The van der Waals surface area contributed by atoms with E-state index in [-0.39, 0.29) is 12.0 Å². The third-order valence-electron chi connectivity index (χ3n) is 4.37. The van der Waals surface area contributed by atoms with Crippen LogP contribution in [-0.2, 0) is 10.0 Å². The number of thiophene rings is 1. The lowest BCUT2D eigenvalue weighted by molar-refractivity contribution is 0.0588. The zero-order valence-electron chi connectivity index (χ0n) is 14.7. The molecule has 0 aromatic carbocycles. The molecular formula is C17H21N3O4S2. The van der Waals surface area contributed by atoms with Crippen molar-refractivity contribution >= 4 is 33.0 Å². The molecule has 0 spiro atoms. The number of ether oxygens (including phenoxy) is 1. The molecule has 140 valence electrons. The third kappa shape index (κ3) is 4.34. The fraction of sp³-hybridized carbons (Fsp3) is 0.412. The van der Waals surface area contributed by atoms with Gasteiger partial charge in [0.1, 0.15) is 6.10 Å². The molecule has 1 saturated heterocycles. The van der Waals surface area contributed by atoms with E-state index in [4.69, 9.17) is 4.74 Å². The van der Waals surface area contributed by atoms with E-state index in [0.29, 0.717) is 24.7 Å². The van der Waals surface area contributed by atoms with E-state index >= 15 is 0 Å². The van der Waals surface area contributed by atoms with Crippen LogP contribution in [0.25, 0.3) is 0 Å². The molecule has 0 atom stereocenters. The van der Waals surface area contributed by atoms with Crippen molar-refractivity contribution in [3.8, 4) is 5.88 Å². The molecule has 3 rings (SSSR count). The summed E-state index contributed by atoms with van der Waals surface area (Å²) in [4.78, 5) is 18.4. The number of hydrogen-bond donors (Lipinski definition) is 0. The highest BCUT2D eigenvalue weighted by atomic mass is 32.2. The van der Waals surface area contributed by atoms with Crippen molar-refractivity contribution in [3.63, 3.8) is 0 Å². The van der Waals surface area contributed by atoms with Gasteiger partial charge in [0.15, 0.2) is 0 Å². The summed E-state index contributed by atoms with van der Waals surface area (Å²) in [5.74, 6) is 0.522. The van der Waals surface area contributed by atoms with Crippen LogP contribution in [0.15, 0.2) is 35.2 Å². The van der Waals surface area contributed by atoms with Crippen LogP contribution >= 0.6 is 11.3 Å². The second kappa shape index (κ2) is 7.63. The standard InChI is InChI=1S/C17H21N3O4S2/c1-19(26(2,22)23)14-3-4-16(18-11-14)24-15-5-8-20(9-6-15)17(21)13-7-10-25-12-13/h3-4,7,10-12,15H,5-6,8-9H2,1-2H3. The zero-order chi connectivity index (χ0) is 18.7. The Bertz CT molecular complexity index is 843. The molecule has 0 saturated carbocycles. The number of amides is 1. The lowest BCUT2D eigenvalue weighted by Crippen LogP contribution is -2.41. The molecule has 0 aliphatic carbocycles. The largest absolute Gasteiger partial charge is 0.474 e. The maximum atomic E-state index is 12.3. The predicted molar refractivity (Wildman–Crippen MR) is 101 cm³/mol. The molecule has 26 heavy (non-hydrogen) atoms. The van der Waals surface area contributed by atoms with Gasteiger partial charge >= 0.3 is 0 Å². The number of carbonyl (C=O) groups excluding carboxylic acids is 1. The molecule has 1 aliphatic heterocycles. The second-order valence-electron chi connectivity index (χ2n) is 6.21. The number of hydrogen-bond acceptors (Lipinski definition) is 6. The molecule has 1 amide bonds. The van der Waals surface area contributed by atoms with E-state index < -0.39 is 10.0 Å². The Kier molecular flexibility index (Phi) is 5.47. The summed E-state index contributed by atoms with van der Waals surface area (Å²) in [5.41, 5.74) is 1.22. The average Bonchev–Trinajstić information content (AvgIpc) is 3.16. The first kappa shape index (κ1) is 18.7. The Labute approximate surface area is 157 Å². The first-order chi connectivity index (χ1) is 12.3. The first-order valence-electron chi connectivity index (χ1n) is 8.22. The minimum Gasteiger partial charge on any atom is -0.474 e. The van der Waals surface area contributed by atoms with E-state index in [2.05, 4.69) is 4.98 Å². The number of likely N-dealkylation sites (tertiary alicyclic amines) is 1. The van der Waals surface area contributed by atoms with Gasteiger partial charge in [0.2, 0.25) is 15.9 Å². The van der Waals surface area contributed by atoms with E-state index in [1.165, 1.54) is 24.6 Å². The highest BCUT2D eigenvalue weighted by molar-refractivity contribution is 7.92. The molecule has 0 bridgehead atoms. The Morgan fingerprint density at radius 3 is 2.58 bits per heavy atom. The topological polar surface area (TPSA) is 79.8 Å². The molecule has 1 fully saturated rings. The number of nitrogens with zero attached hydrogens (tertiary/aromatic N) is 3. The van der Waals surface area contributed by atoms with Crippen LogP contribution in [0.4, 0.5) is 5.69 Å². The number of carbonyl (C=O) groups is 1. The zero-order valence-corrected chi connectivity index (χ0v) is 16.3. The summed E-state index contributed by atoms with van der Waals surface area (Å²) in [6.45, 7) is 1.29. The van der Waals surface area contributed by atoms with Gasteiger partial charge < -0.3 is 9.64 Å². The highest BCUT2D eigenvalue weighted by Crippen LogP contribution is 2.22. The summed E-state index contributed by atoms with van der Waals surface area (Å²) in [6.07, 6.45) is 4.09. The Morgan fingerprint density at radius 2 is 2.04 bits per heavy atom. The number of pyridine rings is 1. The van der Waals surface area contributed by atoms with Crippen molar-refractivity contribution in [1.82, 2.24) is 9.88 Å². The van der Waals surface area contributed by atoms with Gasteiger partial charge in [0, 0.05) is 44.4 Å². The van der Waals surface area contributed by atoms with Gasteiger partial charge in [-0.05, 0) is 17.5 Å². The molecule has 0 N–H and O–H groups in total. The highest BCUT2D eigenvalue weighted by Gasteiger charge is 2.25. The van der Waals surface area contributed by atoms with E-state index in [0.717, 1.165) is 29.0 Å². The van der Waals surface area contributed by atoms with Crippen molar-refractivity contribution in [2.24, 2.45) is 0 Å². The molecule has 1 aliphatic rings. The smallest absolute Gasteiger partial charge is 0.254 e. The van der Waals surface area contributed by atoms with E-state index in [1.54, 1.807) is 12.1 Å². The molecular weight excluding hydrogens is 374 g/mol. The quantitative estimate of drug-likeness (QED) is 0.776. The van der Waals surface area contributed by atoms with Crippen molar-refractivity contribution in [3.05, 3.63) is 40.7 Å². The molecule has 3 heterocycles. The number of sulfonamides is 1. The second-order valence-corrected chi connectivity index (χ2v) is 9.00. The SMILES string of the molecule is CN(c1ccc(OC2CCN(C(=O)c3ccsc3)CC2)nc1)S(C)(=O)=O. The van der Waals surface area contributed by atoms with Crippen LogP contribution in [0.5, 0.6) is 5.88 Å². The Morgan fingerprint density at radius 1 is 1.31 bits per heavy atom. The van der Waals surface area contributed by atoms with Gasteiger partial charge in [-0.3, -0.25) is 9.10 Å². The van der Waals surface area contributed by atoms with Crippen LogP contribution in [-0.4, -0.2) is 56.7 Å². The van der Waals surface area contributed by atoms with Gasteiger partial charge in [-0.2, -0.15) is 11.3 Å². The lowest BCUT2D eigenvalue weighted by Gasteiger charge is -2.31. The van der Waals surface area contributed by atoms with Crippen molar-refractivity contribution in [1.29, 1.82) is 0 Å². The summed E-state index contributed by atoms with van der Waals surface area (Å²) in [6, 6.07) is 5.17. The molecule has 7 nitrogen and oxygen atoms in total. The number of aromatic nitrogens is 1. The molecule has 0 radical (unpaired) electrons. The third-order valence-corrected chi connectivity index (χ3v) is 6.26. The summed E-state index contributed by atoms with van der Waals surface area (Å²) >= 11 is 1.52. The minimum atomic E-state index is -3.31. The van der Waals surface area contributed by atoms with Crippen LogP contribution in [0.2, 0.25) is 0 Å². The van der Waals surface area contributed by atoms with Crippen LogP contribution in [0.1, 0.15) is 23.2 Å². The van der Waals surface area contributed by atoms with Crippen molar-refractivity contribution in [2.45, 2.75) is 18.9 Å². The summed E-state index contributed by atoms with van der Waals surface area (Å²) in [5, 5.41) is 3.77. The Balaban J connectivity index is 1.54. The van der Waals surface area contributed by atoms with Gasteiger partial charge in [-0.25, -0.2) is 13.4 Å². The summed E-state index contributed by atoms with van der Waals surface area (Å²) < 4.78 is 30.1. The fourth-order valence-corrected chi connectivity index (χ4v) is 3.86. The van der Waals surface area contributed by atoms with Gasteiger partial charge in [0.25, 0.3) is 5.91 Å². The number of piperidine rings is 1. The maximum Gasteiger partial charge on any atom is 0.254 e. The molecule has 9 heteroatoms. The average molecular weight is 396 g/mol. The molecule has 2 aromatic heterocycles. The fourth-order valence-electron chi connectivity index (χ4n) is 2.74. The minimum absolute atomic E-state index is 0.00693. The molecule has 0 unspecified atom stereocenters. The van der Waals surface area contributed by atoms with Gasteiger partial charge in [0.05, 0.1) is 23.7 Å². The monoisotopic (exact) mass is 395 g/mol. The first-order valence-corrected chi connectivity index (χ1v) is 11.0. The lowest BCUT2D eigenvalue weighted by atomic mass is 10.1. The van der Waals surface area contributed by atoms with E-state index in [1.807, 2.05) is 21.7 Å². The van der Waals surface area contributed by atoms with Crippen molar-refractivity contribution < 1.29 is 17.9 Å². The Hall–Kier alpha value is -2.13. The van der Waals surface area contributed by atoms with Crippen molar-refractivity contribution in [2.75, 3.05) is 30.7 Å². The van der Waals surface area contributed by atoms with Crippen LogP contribution < -0.4 is 9.04 Å². The predicted octanol–water partition coefficient (Wildman–Crippen LogP) is 2.22. The van der Waals surface area contributed by atoms with Crippen LogP contribution in [0.3, 0.4) is 0 Å². The molecule has 2 aromatic rings. The van der Waals surface area contributed by atoms with Gasteiger partial charge in [-0.15, -0.1) is 0 Å². The van der Waals surface area contributed by atoms with Gasteiger partial charge in [-0.1, -0.05) is 0 Å². The normalized spacial score (nSPS) is 15.7. The maximum absolute atomic E-state index is 12.3.